The van der Waals surface area contributed by atoms with Gasteiger partial charge in [-0.3, -0.25) is 9.59 Å². The summed E-state index contributed by atoms with van der Waals surface area (Å²) in [7, 11) is 0. The van der Waals surface area contributed by atoms with Crippen molar-refractivity contribution in [1.82, 2.24) is 10.6 Å². The zero-order valence-electron chi connectivity index (χ0n) is 15.7. The summed E-state index contributed by atoms with van der Waals surface area (Å²) in [6.45, 7) is -0.186. The maximum absolute atomic E-state index is 12.3. The fourth-order valence-corrected chi connectivity index (χ4v) is 4.00. The van der Waals surface area contributed by atoms with E-state index in [4.69, 9.17) is 16.3 Å². The van der Waals surface area contributed by atoms with E-state index in [2.05, 4.69) is 10.6 Å². The van der Waals surface area contributed by atoms with E-state index in [1.54, 1.807) is 24.3 Å². The van der Waals surface area contributed by atoms with Gasteiger partial charge in [0.1, 0.15) is 17.8 Å². The second-order valence-corrected chi connectivity index (χ2v) is 8.05. The van der Waals surface area contributed by atoms with Crippen LogP contribution < -0.4 is 10.6 Å². The minimum absolute atomic E-state index is 0.0180. The highest BCUT2D eigenvalue weighted by Crippen LogP contribution is 2.26. The number of aliphatic hydroxyl groups excluding tert-OH is 1. The highest BCUT2D eigenvalue weighted by Gasteiger charge is 2.48. The summed E-state index contributed by atoms with van der Waals surface area (Å²) < 4.78 is 5.48. The van der Waals surface area contributed by atoms with Gasteiger partial charge in [-0.25, -0.2) is 0 Å². The molecule has 1 saturated heterocycles. The molecule has 0 bridgehead atoms. The van der Waals surface area contributed by atoms with Crippen LogP contribution in [0, 0.1) is 5.92 Å². The fourth-order valence-electron chi connectivity index (χ4n) is 3.78. The molecule has 1 aliphatic carbocycles. The molecular weight excluding hydrogens is 384 g/mol. The third-order valence-electron chi connectivity index (χ3n) is 5.58. The Morgan fingerprint density at radius 2 is 1.89 bits per heavy atom. The Bertz CT molecular complexity index is 710. The van der Waals surface area contributed by atoms with Gasteiger partial charge >= 0.3 is 0 Å². The summed E-state index contributed by atoms with van der Waals surface area (Å²) in [5.41, 5.74) is -1.25. The van der Waals surface area contributed by atoms with Crippen molar-refractivity contribution in [2.45, 2.75) is 49.9 Å². The van der Waals surface area contributed by atoms with Gasteiger partial charge in [-0.05, 0) is 25.0 Å². The van der Waals surface area contributed by atoms with Crippen molar-refractivity contribution < 1.29 is 24.5 Å². The number of carbonyl (C=O) groups excluding carboxylic acids is 2. The molecule has 4 N–H and O–H groups in total. The van der Waals surface area contributed by atoms with Gasteiger partial charge in [0.05, 0.1) is 23.7 Å². The predicted octanol–water partition coefficient (Wildman–Crippen LogP) is 1.26. The molecule has 0 unspecified atom stereocenters. The Balaban J connectivity index is 1.49. The highest BCUT2D eigenvalue weighted by molar-refractivity contribution is 6.33. The first kappa shape index (κ1) is 21.0. The molecule has 8 heteroatoms. The van der Waals surface area contributed by atoms with Crippen molar-refractivity contribution in [2.75, 3.05) is 19.7 Å². The smallest absolute Gasteiger partial charge is 0.252 e. The molecule has 3 rings (SSSR count). The summed E-state index contributed by atoms with van der Waals surface area (Å²) in [5.74, 6) is -0.499. The topological polar surface area (TPSA) is 108 Å². The lowest BCUT2D eigenvalue weighted by atomic mass is 9.88. The molecule has 2 aliphatic rings. The largest absolute Gasteiger partial charge is 0.387 e. The first-order valence-electron chi connectivity index (χ1n) is 9.73. The Labute approximate surface area is 169 Å². The van der Waals surface area contributed by atoms with E-state index in [0.717, 1.165) is 32.1 Å². The van der Waals surface area contributed by atoms with Crippen molar-refractivity contribution in [1.29, 1.82) is 0 Å². The minimum atomic E-state index is -1.58. The summed E-state index contributed by atoms with van der Waals surface area (Å²) in [5, 5.41) is 26.9. The third kappa shape index (κ3) is 4.84. The lowest BCUT2D eigenvalue weighted by Gasteiger charge is -2.28. The van der Waals surface area contributed by atoms with Crippen LogP contribution in [0.1, 0.15) is 42.5 Å². The Morgan fingerprint density at radius 1 is 1.18 bits per heavy atom. The molecule has 1 saturated carbocycles. The number of benzene rings is 1. The van der Waals surface area contributed by atoms with Crippen molar-refractivity contribution in [3.05, 3.63) is 34.9 Å². The van der Waals surface area contributed by atoms with Crippen LogP contribution in [0.15, 0.2) is 24.3 Å². The number of rotatable bonds is 6. The molecule has 154 valence electrons. The molecule has 7 nitrogen and oxygen atoms in total. The fraction of sp³-hybridized carbons (Fsp3) is 0.600. The van der Waals surface area contributed by atoms with E-state index in [-0.39, 0.29) is 37.4 Å². The van der Waals surface area contributed by atoms with Gasteiger partial charge in [-0.1, -0.05) is 43.0 Å². The van der Waals surface area contributed by atoms with Crippen LogP contribution in [0.25, 0.3) is 0 Å². The van der Waals surface area contributed by atoms with Crippen LogP contribution in [0.2, 0.25) is 5.02 Å². The molecule has 0 aromatic heterocycles. The highest BCUT2D eigenvalue weighted by atomic mass is 35.5. The molecule has 3 atom stereocenters. The van der Waals surface area contributed by atoms with Crippen LogP contribution >= 0.6 is 11.6 Å². The average molecular weight is 411 g/mol. The number of carbonyl (C=O) groups is 2. The van der Waals surface area contributed by atoms with Gasteiger partial charge in [0, 0.05) is 12.5 Å². The SMILES string of the molecule is O=C(NC[C@H]1OC[C@@](O)(CNC(=O)C2CCCCC2)[C@@H]1O)c1ccccc1Cl. The molecule has 1 aromatic rings. The van der Waals surface area contributed by atoms with Crippen LogP contribution in [0.5, 0.6) is 0 Å². The quantitative estimate of drug-likeness (QED) is 0.564. The first-order chi connectivity index (χ1) is 13.4. The molecule has 0 radical (unpaired) electrons. The zero-order valence-corrected chi connectivity index (χ0v) is 16.5. The average Bonchev–Trinajstić information content (AvgIpc) is 3.00. The number of amides is 2. The lowest BCUT2D eigenvalue weighted by Crippen LogP contribution is -2.54. The number of ether oxygens (including phenoxy) is 1. The van der Waals surface area contributed by atoms with Gasteiger partial charge in [-0.15, -0.1) is 0 Å². The van der Waals surface area contributed by atoms with Gasteiger partial charge in [0.15, 0.2) is 0 Å². The van der Waals surface area contributed by atoms with Crippen molar-refractivity contribution in [2.24, 2.45) is 5.92 Å². The number of aliphatic hydroxyl groups is 2. The number of nitrogens with one attached hydrogen (secondary N) is 2. The predicted molar refractivity (Wildman–Crippen MR) is 104 cm³/mol. The Kier molecular flexibility index (Phi) is 6.93. The van der Waals surface area contributed by atoms with Crippen molar-refractivity contribution >= 4 is 23.4 Å². The summed E-state index contributed by atoms with van der Waals surface area (Å²) in [6, 6.07) is 6.64. The van der Waals surface area contributed by atoms with Crippen LogP contribution in [-0.2, 0) is 9.53 Å². The molecule has 1 aromatic carbocycles. The van der Waals surface area contributed by atoms with Gasteiger partial charge < -0.3 is 25.6 Å². The number of hydrogen-bond acceptors (Lipinski definition) is 5. The first-order valence-corrected chi connectivity index (χ1v) is 10.1. The Hall–Kier alpha value is -1.67. The second-order valence-electron chi connectivity index (χ2n) is 7.64. The maximum atomic E-state index is 12.3. The monoisotopic (exact) mass is 410 g/mol. The van der Waals surface area contributed by atoms with E-state index >= 15 is 0 Å². The van der Waals surface area contributed by atoms with Crippen molar-refractivity contribution in [3.63, 3.8) is 0 Å². The van der Waals surface area contributed by atoms with Crippen LogP contribution in [0.4, 0.5) is 0 Å². The van der Waals surface area contributed by atoms with Crippen molar-refractivity contribution in [3.8, 4) is 0 Å². The van der Waals surface area contributed by atoms with Crippen LogP contribution in [0.3, 0.4) is 0 Å². The van der Waals surface area contributed by atoms with Gasteiger partial charge in [0.2, 0.25) is 5.91 Å². The molecule has 0 spiro atoms. The lowest BCUT2D eigenvalue weighted by molar-refractivity contribution is -0.128. The third-order valence-corrected chi connectivity index (χ3v) is 5.91. The normalized spacial score (nSPS) is 28.1. The van der Waals surface area contributed by atoms with Gasteiger partial charge in [0.25, 0.3) is 5.91 Å². The van der Waals surface area contributed by atoms with Crippen LogP contribution in [-0.4, -0.2) is 59.5 Å². The van der Waals surface area contributed by atoms with E-state index in [9.17, 15) is 19.8 Å². The molecule has 2 amide bonds. The Morgan fingerprint density at radius 3 is 2.61 bits per heavy atom. The molecule has 1 heterocycles. The van der Waals surface area contributed by atoms with E-state index in [0.29, 0.717) is 10.6 Å². The van der Waals surface area contributed by atoms with E-state index in [1.807, 2.05) is 0 Å². The molecule has 28 heavy (non-hydrogen) atoms. The summed E-state index contributed by atoms with van der Waals surface area (Å²) in [4.78, 5) is 24.5. The molecular formula is C20H27ClN2O5. The van der Waals surface area contributed by atoms with E-state index < -0.39 is 17.8 Å². The molecule has 2 fully saturated rings. The van der Waals surface area contributed by atoms with E-state index in [1.165, 1.54) is 0 Å². The van der Waals surface area contributed by atoms with Gasteiger partial charge in [-0.2, -0.15) is 0 Å². The zero-order chi connectivity index (χ0) is 20.1. The maximum Gasteiger partial charge on any atom is 0.252 e. The molecule has 1 aliphatic heterocycles. The number of hydrogen-bond donors (Lipinski definition) is 4. The minimum Gasteiger partial charge on any atom is -0.387 e. The summed E-state index contributed by atoms with van der Waals surface area (Å²) in [6.07, 6.45) is 2.96. The number of halogens is 1. The standard InChI is InChI=1S/C20H27ClN2O5/c21-15-9-5-4-8-14(15)19(26)22-10-16-17(24)20(27,12-28-16)11-23-18(25)13-6-2-1-3-7-13/h4-5,8-9,13,16-17,24,27H,1-3,6-7,10-12H2,(H,22,26)(H,23,25)/t16-,17-,20+/m1/s1. The summed E-state index contributed by atoms with van der Waals surface area (Å²) >= 11 is 6.00. The second kappa shape index (κ2) is 9.22.